The van der Waals surface area contributed by atoms with Crippen molar-refractivity contribution in [3.8, 4) is 5.75 Å². The van der Waals surface area contributed by atoms with Gasteiger partial charge in [0, 0.05) is 6.42 Å². The average molecular weight is 300 g/mol. The average Bonchev–Trinajstić information content (AvgIpc) is 2.58. The smallest absolute Gasteiger partial charge is 0.166 e. The fraction of sp³-hybridized carbons (Fsp3) is 0.278. The summed E-state index contributed by atoms with van der Waals surface area (Å²) in [5.41, 5.74) is 1.62. The maximum absolute atomic E-state index is 12.4. The number of carbonyl (C=O) groups is 1. The molecule has 1 unspecified atom stereocenters. The van der Waals surface area contributed by atoms with Gasteiger partial charge in [-0.25, -0.2) is 0 Å². The van der Waals surface area contributed by atoms with Crippen LogP contribution in [0.3, 0.4) is 0 Å². The molecule has 0 fully saturated rings. The molecule has 4 nitrogen and oxygen atoms in total. The minimum absolute atomic E-state index is 0.00191. The van der Waals surface area contributed by atoms with Crippen LogP contribution in [-0.4, -0.2) is 35.3 Å². The Morgan fingerprint density at radius 1 is 1.05 bits per heavy atom. The van der Waals surface area contributed by atoms with E-state index in [0.29, 0.717) is 24.2 Å². The molecular weight excluding hydrogens is 280 g/mol. The minimum Gasteiger partial charge on any atom is -0.490 e. The molecule has 0 aliphatic rings. The molecule has 2 rings (SSSR count). The van der Waals surface area contributed by atoms with Crippen molar-refractivity contribution in [3.05, 3.63) is 65.7 Å². The number of aryl methyl sites for hydroxylation is 1. The third kappa shape index (κ3) is 4.69. The first-order valence-corrected chi connectivity index (χ1v) is 7.28. The lowest BCUT2D eigenvalue weighted by Crippen LogP contribution is -2.22. The topological polar surface area (TPSA) is 66.8 Å². The zero-order valence-electron chi connectivity index (χ0n) is 12.3. The van der Waals surface area contributed by atoms with Gasteiger partial charge in [-0.3, -0.25) is 4.79 Å². The first kappa shape index (κ1) is 16.2. The van der Waals surface area contributed by atoms with Gasteiger partial charge in [0.15, 0.2) is 5.78 Å². The fourth-order valence-electron chi connectivity index (χ4n) is 2.10. The first-order chi connectivity index (χ1) is 10.7. The molecule has 0 amide bonds. The summed E-state index contributed by atoms with van der Waals surface area (Å²) >= 11 is 0. The fourth-order valence-corrected chi connectivity index (χ4v) is 2.10. The Hall–Kier alpha value is -2.17. The van der Waals surface area contributed by atoms with Gasteiger partial charge in [-0.1, -0.05) is 42.5 Å². The molecule has 1 atom stereocenters. The molecule has 0 aliphatic heterocycles. The van der Waals surface area contributed by atoms with Gasteiger partial charge in [-0.05, 0) is 24.1 Å². The van der Waals surface area contributed by atoms with Crippen molar-refractivity contribution < 1.29 is 19.7 Å². The van der Waals surface area contributed by atoms with Crippen LogP contribution in [0.25, 0.3) is 0 Å². The molecule has 0 saturated heterocycles. The van der Waals surface area contributed by atoms with Gasteiger partial charge in [-0.2, -0.15) is 0 Å². The van der Waals surface area contributed by atoms with Crippen molar-refractivity contribution in [2.24, 2.45) is 0 Å². The van der Waals surface area contributed by atoms with Crippen LogP contribution in [0.2, 0.25) is 0 Å². The molecule has 0 heterocycles. The summed E-state index contributed by atoms with van der Waals surface area (Å²) in [5.74, 6) is 0.436. The molecule has 0 spiro atoms. The zero-order valence-corrected chi connectivity index (χ0v) is 12.3. The Balaban J connectivity index is 1.99. The summed E-state index contributed by atoms with van der Waals surface area (Å²) in [6, 6.07) is 16.8. The van der Waals surface area contributed by atoms with E-state index in [1.807, 2.05) is 30.3 Å². The van der Waals surface area contributed by atoms with Gasteiger partial charge in [0.1, 0.15) is 18.5 Å². The summed E-state index contributed by atoms with van der Waals surface area (Å²) < 4.78 is 5.43. The molecule has 0 aliphatic carbocycles. The summed E-state index contributed by atoms with van der Waals surface area (Å²) in [4.78, 5) is 12.4. The zero-order chi connectivity index (χ0) is 15.8. The molecule has 2 N–H and O–H groups in total. The Morgan fingerprint density at radius 3 is 2.45 bits per heavy atom. The maximum Gasteiger partial charge on any atom is 0.166 e. The van der Waals surface area contributed by atoms with Crippen LogP contribution in [0, 0.1) is 0 Å². The van der Waals surface area contributed by atoms with E-state index in [2.05, 4.69) is 0 Å². The van der Waals surface area contributed by atoms with E-state index in [0.717, 1.165) is 5.56 Å². The van der Waals surface area contributed by atoms with Crippen LogP contribution in [0.4, 0.5) is 0 Å². The number of hydrogen-bond donors (Lipinski definition) is 2. The normalized spacial score (nSPS) is 11.9. The number of ether oxygens (including phenoxy) is 1. The molecule has 0 bridgehead atoms. The lowest BCUT2D eigenvalue weighted by atomic mass is 10.0. The molecule has 116 valence electrons. The molecule has 22 heavy (non-hydrogen) atoms. The van der Waals surface area contributed by atoms with Crippen LogP contribution < -0.4 is 4.74 Å². The first-order valence-electron chi connectivity index (χ1n) is 7.28. The number of benzene rings is 2. The van der Waals surface area contributed by atoms with Gasteiger partial charge in [0.2, 0.25) is 0 Å². The number of para-hydroxylation sites is 1. The SMILES string of the molecule is O=C(CCc1ccccc1)c1ccccc1OCC(O)CO. The minimum atomic E-state index is -0.951. The largest absolute Gasteiger partial charge is 0.490 e. The van der Waals surface area contributed by atoms with Crippen LogP contribution in [-0.2, 0) is 6.42 Å². The summed E-state index contributed by atoms with van der Waals surface area (Å²) in [6.07, 6.45) is 0.118. The van der Waals surface area contributed by atoms with E-state index in [1.165, 1.54) is 0 Å². The van der Waals surface area contributed by atoms with Gasteiger partial charge in [0.25, 0.3) is 0 Å². The lowest BCUT2D eigenvalue weighted by Gasteiger charge is -2.13. The molecular formula is C18H20O4. The highest BCUT2D eigenvalue weighted by atomic mass is 16.5. The molecule has 0 radical (unpaired) electrons. The van der Waals surface area contributed by atoms with E-state index in [9.17, 15) is 9.90 Å². The van der Waals surface area contributed by atoms with E-state index in [4.69, 9.17) is 9.84 Å². The van der Waals surface area contributed by atoms with Gasteiger partial charge in [0.05, 0.1) is 12.2 Å². The quantitative estimate of drug-likeness (QED) is 0.734. The Bertz CT molecular complexity index is 595. The van der Waals surface area contributed by atoms with Crippen LogP contribution in [0.5, 0.6) is 5.75 Å². The monoisotopic (exact) mass is 300 g/mol. The lowest BCUT2D eigenvalue weighted by molar-refractivity contribution is 0.0531. The Morgan fingerprint density at radius 2 is 1.73 bits per heavy atom. The molecule has 2 aromatic rings. The highest BCUT2D eigenvalue weighted by Crippen LogP contribution is 2.20. The van der Waals surface area contributed by atoms with Crippen molar-refractivity contribution in [2.75, 3.05) is 13.2 Å². The van der Waals surface area contributed by atoms with E-state index in [1.54, 1.807) is 24.3 Å². The van der Waals surface area contributed by atoms with Crippen LogP contribution in [0.1, 0.15) is 22.3 Å². The molecule has 0 aromatic heterocycles. The number of aliphatic hydroxyl groups excluding tert-OH is 2. The number of ketones is 1. The predicted molar refractivity (Wildman–Crippen MR) is 84.1 cm³/mol. The van der Waals surface area contributed by atoms with Crippen molar-refractivity contribution >= 4 is 5.78 Å². The highest BCUT2D eigenvalue weighted by molar-refractivity contribution is 5.98. The third-order valence-corrected chi connectivity index (χ3v) is 3.31. The van der Waals surface area contributed by atoms with E-state index in [-0.39, 0.29) is 19.0 Å². The number of hydrogen-bond acceptors (Lipinski definition) is 4. The maximum atomic E-state index is 12.4. The summed E-state index contributed by atoms with van der Waals surface area (Å²) in [7, 11) is 0. The number of aliphatic hydroxyl groups is 2. The Kier molecular flexibility index (Phi) is 6.13. The van der Waals surface area contributed by atoms with Crippen molar-refractivity contribution in [3.63, 3.8) is 0 Å². The van der Waals surface area contributed by atoms with Gasteiger partial charge < -0.3 is 14.9 Å². The predicted octanol–water partition coefficient (Wildman–Crippen LogP) is 2.23. The van der Waals surface area contributed by atoms with Gasteiger partial charge >= 0.3 is 0 Å². The standard InChI is InChI=1S/C18H20O4/c19-12-15(20)13-22-18-9-5-4-8-16(18)17(21)11-10-14-6-2-1-3-7-14/h1-9,15,19-20H,10-13H2. The number of Topliss-reactive ketones (excluding diaryl/α,β-unsaturated/α-hetero) is 1. The van der Waals surface area contributed by atoms with Crippen molar-refractivity contribution in [1.29, 1.82) is 0 Å². The van der Waals surface area contributed by atoms with Crippen LogP contribution >= 0.6 is 0 Å². The van der Waals surface area contributed by atoms with Crippen LogP contribution in [0.15, 0.2) is 54.6 Å². The van der Waals surface area contributed by atoms with E-state index < -0.39 is 6.10 Å². The third-order valence-electron chi connectivity index (χ3n) is 3.31. The molecule has 0 saturated carbocycles. The highest BCUT2D eigenvalue weighted by Gasteiger charge is 2.13. The van der Waals surface area contributed by atoms with Crippen molar-refractivity contribution in [1.82, 2.24) is 0 Å². The second-order valence-electron chi connectivity index (χ2n) is 5.05. The molecule has 2 aromatic carbocycles. The van der Waals surface area contributed by atoms with E-state index >= 15 is 0 Å². The van der Waals surface area contributed by atoms with Gasteiger partial charge in [-0.15, -0.1) is 0 Å². The number of rotatable bonds is 8. The summed E-state index contributed by atoms with van der Waals surface area (Å²) in [6.45, 7) is -0.413. The van der Waals surface area contributed by atoms with Crippen molar-refractivity contribution in [2.45, 2.75) is 18.9 Å². The second-order valence-corrected chi connectivity index (χ2v) is 5.05. The number of carbonyl (C=O) groups excluding carboxylic acids is 1. The molecule has 4 heteroatoms. The summed E-state index contributed by atoms with van der Waals surface area (Å²) in [5, 5.41) is 18.1. The second kappa shape index (κ2) is 8.32. The Labute approximate surface area is 130 Å².